The second-order valence-corrected chi connectivity index (χ2v) is 4.58. The van der Waals surface area contributed by atoms with E-state index in [-0.39, 0.29) is 0 Å². The number of hydrogen-bond donors (Lipinski definition) is 1. The molecule has 0 aliphatic rings. The van der Waals surface area contributed by atoms with Crippen molar-refractivity contribution in [3.05, 3.63) is 57.6 Å². The molecule has 0 unspecified atom stereocenters. The molecule has 0 aromatic heterocycles. The SMILES string of the molecule is N#Cc1ccc(Cl)c(Nc2cc(Cl)ccc2C#N)c1. The molecule has 0 saturated carbocycles. The molecule has 92 valence electrons. The van der Waals surface area contributed by atoms with E-state index in [1.54, 1.807) is 36.4 Å². The molecule has 0 bridgehead atoms. The summed E-state index contributed by atoms with van der Waals surface area (Å²) in [4.78, 5) is 0. The smallest absolute Gasteiger partial charge is 0.101 e. The lowest BCUT2D eigenvalue weighted by molar-refractivity contribution is 1.45. The van der Waals surface area contributed by atoms with Gasteiger partial charge in [-0.15, -0.1) is 0 Å². The summed E-state index contributed by atoms with van der Waals surface area (Å²) in [6, 6.07) is 13.8. The van der Waals surface area contributed by atoms with Crippen LogP contribution in [-0.4, -0.2) is 0 Å². The minimum Gasteiger partial charge on any atom is -0.353 e. The van der Waals surface area contributed by atoms with Crippen molar-refractivity contribution in [2.24, 2.45) is 0 Å². The van der Waals surface area contributed by atoms with Gasteiger partial charge in [0.15, 0.2) is 0 Å². The number of nitrogens with zero attached hydrogens (tertiary/aromatic N) is 2. The summed E-state index contributed by atoms with van der Waals surface area (Å²) >= 11 is 12.0. The minimum atomic E-state index is 0.447. The van der Waals surface area contributed by atoms with Crippen molar-refractivity contribution in [3.8, 4) is 12.1 Å². The third kappa shape index (κ3) is 2.98. The van der Waals surface area contributed by atoms with Crippen LogP contribution in [0.25, 0.3) is 0 Å². The number of halogens is 2. The van der Waals surface area contributed by atoms with Crippen LogP contribution in [0.1, 0.15) is 11.1 Å². The first-order valence-electron chi connectivity index (χ1n) is 5.30. The summed E-state index contributed by atoms with van der Waals surface area (Å²) in [5, 5.41) is 21.9. The second kappa shape index (κ2) is 5.63. The lowest BCUT2D eigenvalue weighted by Crippen LogP contribution is -1.95. The number of hydrogen-bond acceptors (Lipinski definition) is 3. The molecule has 0 aliphatic carbocycles. The van der Waals surface area contributed by atoms with Gasteiger partial charge in [0.2, 0.25) is 0 Å². The fourth-order valence-corrected chi connectivity index (χ4v) is 1.89. The fourth-order valence-electron chi connectivity index (χ4n) is 1.55. The Balaban J connectivity index is 2.45. The normalized spacial score (nSPS) is 9.47. The van der Waals surface area contributed by atoms with Crippen molar-refractivity contribution in [1.29, 1.82) is 10.5 Å². The number of anilines is 2. The molecule has 0 atom stereocenters. The first-order valence-corrected chi connectivity index (χ1v) is 6.06. The molecule has 0 aliphatic heterocycles. The summed E-state index contributed by atoms with van der Waals surface area (Å²) in [7, 11) is 0. The van der Waals surface area contributed by atoms with E-state index in [0.717, 1.165) is 0 Å². The summed E-state index contributed by atoms with van der Waals surface area (Å²) in [5.41, 5.74) is 2.03. The standard InChI is InChI=1S/C14H7Cl2N3/c15-11-3-2-10(8-18)13(6-11)19-14-5-9(7-17)1-4-12(14)16/h1-6,19H. The number of nitrogens with one attached hydrogen (secondary N) is 1. The van der Waals surface area contributed by atoms with E-state index in [2.05, 4.69) is 11.4 Å². The van der Waals surface area contributed by atoms with Gasteiger partial charge in [0.25, 0.3) is 0 Å². The predicted octanol–water partition coefficient (Wildman–Crippen LogP) is 4.48. The molecule has 1 N–H and O–H groups in total. The highest BCUT2D eigenvalue weighted by Crippen LogP contribution is 2.29. The lowest BCUT2D eigenvalue weighted by atomic mass is 10.1. The molecule has 5 heteroatoms. The van der Waals surface area contributed by atoms with Crippen LogP contribution in [0.4, 0.5) is 11.4 Å². The second-order valence-electron chi connectivity index (χ2n) is 3.73. The van der Waals surface area contributed by atoms with Gasteiger partial charge < -0.3 is 5.32 Å². The average Bonchev–Trinajstić information content (AvgIpc) is 2.41. The zero-order chi connectivity index (χ0) is 13.8. The maximum Gasteiger partial charge on any atom is 0.101 e. The molecule has 2 aromatic carbocycles. The average molecular weight is 288 g/mol. The van der Waals surface area contributed by atoms with Crippen LogP contribution in [0, 0.1) is 22.7 Å². The van der Waals surface area contributed by atoms with Gasteiger partial charge in [-0.1, -0.05) is 23.2 Å². The molecule has 19 heavy (non-hydrogen) atoms. The van der Waals surface area contributed by atoms with Crippen LogP contribution >= 0.6 is 23.2 Å². The van der Waals surface area contributed by atoms with Crippen molar-refractivity contribution < 1.29 is 0 Å². The molecule has 3 nitrogen and oxygen atoms in total. The first kappa shape index (κ1) is 13.2. The Labute approximate surface area is 120 Å². The van der Waals surface area contributed by atoms with Gasteiger partial charge in [0, 0.05) is 5.02 Å². The Morgan fingerprint density at radius 3 is 2.37 bits per heavy atom. The molecule has 0 saturated heterocycles. The summed E-state index contributed by atoms with van der Waals surface area (Å²) in [6.07, 6.45) is 0. The van der Waals surface area contributed by atoms with Crippen molar-refractivity contribution in [3.63, 3.8) is 0 Å². The van der Waals surface area contributed by atoms with Gasteiger partial charge >= 0.3 is 0 Å². The van der Waals surface area contributed by atoms with Gasteiger partial charge in [0.05, 0.1) is 33.6 Å². The van der Waals surface area contributed by atoms with Crippen LogP contribution in [0.3, 0.4) is 0 Å². The molecule has 0 amide bonds. The zero-order valence-electron chi connectivity index (χ0n) is 9.61. The lowest BCUT2D eigenvalue weighted by Gasteiger charge is -2.10. The number of benzene rings is 2. The van der Waals surface area contributed by atoms with Crippen LogP contribution < -0.4 is 5.32 Å². The van der Waals surface area contributed by atoms with Gasteiger partial charge in [-0.2, -0.15) is 10.5 Å². The summed E-state index contributed by atoms with van der Waals surface area (Å²) in [6.45, 7) is 0. The van der Waals surface area contributed by atoms with Crippen LogP contribution in [0.5, 0.6) is 0 Å². The predicted molar refractivity (Wildman–Crippen MR) is 75.6 cm³/mol. The van der Waals surface area contributed by atoms with E-state index in [1.165, 1.54) is 0 Å². The minimum absolute atomic E-state index is 0.447. The van der Waals surface area contributed by atoms with Crippen LogP contribution in [-0.2, 0) is 0 Å². The Morgan fingerprint density at radius 1 is 0.895 bits per heavy atom. The van der Waals surface area contributed by atoms with E-state index in [1.807, 2.05) is 6.07 Å². The van der Waals surface area contributed by atoms with Gasteiger partial charge in [-0.25, -0.2) is 0 Å². The van der Waals surface area contributed by atoms with Gasteiger partial charge in [0.1, 0.15) is 6.07 Å². The molecular weight excluding hydrogens is 281 g/mol. The Kier molecular flexibility index (Phi) is 3.92. The molecule has 0 fully saturated rings. The van der Waals surface area contributed by atoms with E-state index >= 15 is 0 Å². The van der Waals surface area contributed by atoms with Crippen LogP contribution in [0.2, 0.25) is 10.0 Å². The Hall–Kier alpha value is -2.20. The third-order valence-corrected chi connectivity index (χ3v) is 3.03. The van der Waals surface area contributed by atoms with Crippen molar-refractivity contribution in [2.45, 2.75) is 0 Å². The molecule has 2 aromatic rings. The number of rotatable bonds is 2. The maximum absolute atomic E-state index is 9.04. The number of nitriles is 2. The highest BCUT2D eigenvalue weighted by Gasteiger charge is 2.07. The van der Waals surface area contributed by atoms with E-state index in [9.17, 15) is 0 Å². The van der Waals surface area contributed by atoms with Crippen molar-refractivity contribution in [2.75, 3.05) is 5.32 Å². The molecular formula is C14H7Cl2N3. The quantitative estimate of drug-likeness (QED) is 0.886. The van der Waals surface area contributed by atoms with Crippen LogP contribution in [0.15, 0.2) is 36.4 Å². The first-order chi connectivity index (χ1) is 9.13. The Bertz CT molecular complexity index is 712. The highest BCUT2D eigenvalue weighted by atomic mass is 35.5. The maximum atomic E-state index is 9.04. The Morgan fingerprint density at radius 2 is 1.68 bits per heavy atom. The molecule has 0 radical (unpaired) electrons. The monoisotopic (exact) mass is 287 g/mol. The fraction of sp³-hybridized carbons (Fsp3) is 0. The molecule has 2 rings (SSSR count). The van der Waals surface area contributed by atoms with E-state index < -0.39 is 0 Å². The summed E-state index contributed by atoms with van der Waals surface area (Å²) < 4.78 is 0. The van der Waals surface area contributed by atoms with Gasteiger partial charge in [-0.3, -0.25) is 0 Å². The van der Waals surface area contributed by atoms with E-state index in [4.69, 9.17) is 33.7 Å². The zero-order valence-corrected chi connectivity index (χ0v) is 11.1. The van der Waals surface area contributed by atoms with E-state index in [0.29, 0.717) is 32.5 Å². The topological polar surface area (TPSA) is 59.6 Å². The summed E-state index contributed by atoms with van der Waals surface area (Å²) in [5.74, 6) is 0. The van der Waals surface area contributed by atoms with Gasteiger partial charge in [-0.05, 0) is 36.4 Å². The van der Waals surface area contributed by atoms with Crippen molar-refractivity contribution >= 4 is 34.6 Å². The highest BCUT2D eigenvalue weighted by molar-refractivity contribution is 6.33. The molecule has 0 spiro atoms. The third-order valence-electron chi connectivity index (χ3n) is 2.47. The molecule has 0 heterocycles. The largest absolute Gasteiger partial charge is 0.353 e. The van der Waals surface area contributed by atoms with Crippen molar-refractivity contribution in [1.82, 2.24) is 0 Å².